The van der Waals surface area contributed by atoms with E-state index in [1.165, 1.54) is 12.1 Å². The lowest BCUT2D eigenvalue weighted by atomic mass is 9.93. The molecule has 0 spiro atoms. The number of morpholine rings is 1. The molecule has 2 aromatic heterocycles. The molecule has 266 valence electrons. The second kappa shape index (κ2) is 14.1. The predicted octanol–water partition coefficient (Wildman–Crippen LogP) is 3.55. The summed E-state index contributed by atoms with van der Waals surface area (Å²) in [6, 6.07) is 15.0. The van der Waals surface area contributed by atoms with E-state index in [4.69, 9.17) is 4.74 Å². The van der Waals surface area contributed by atoms with Crippen molar-refractivity contribution in [2.45, 2.75) is 44.8 Å². The fraction of sp³-hybridized carbons (Fsp3) is 0.447. The van der Waals surface area contributed by atoms with E-state index in [2.05, 4.69) is 14.8 Å². The SMILES string of the molecule is O=C(C1CCN(Cc2ccnc(N3C(=O)c4ccccc4C3=O)c2)CC1)N1CCC(n2c(=O)n(CCN3CCOCC3)c3cc(F)ccc32)CC1. The van der Waals surface area contributed by atoms with Crippen LogP contribution in [-0.4, -0.2) is 106 Å². The number of rotatable bonds is 8. The largest absolute Gasteiger partial charge is 0.379 e. The van der Waals surface area contributed by atoms with E-state index in [9.17, 15) is 23.6 Å². The monoisotopic (exact) mass is 695 g/mol. The molecule has 3 saturated heterocycles. The number of amides is 3. The van der Waals surface area contributed by atoms with Crippen molar-refractivity contribution in [1.29, 1.82) is 0 Å². The first-order valence-electron chi connectivity index (χ1n) is 18.0. The highest BCUT2D eigenvalue weighted by atomic mass is 19.1. The Bertz CT molecular complexity index is 1990. The topological polar surface area (TPSA) is 113 Å². The molecular weight excluding hydrogens is 653 g/mol. The maximum absolute atomic E-state index is 14.4. The number of halogens is 1. The standard InChI is InChI=1S/C38H42FN7O5/c39-28-5-6-32-33(24-28)44(18-17-41-19-21-51-22-20-41)38(50)45(32)29-10-15-43(16-11-29)35(47)27-8-13-42(14-9-27)25-26-7-12-40-34(23-26)46-36(48)30-3-1-2-4-31(30)37(46)49/h1-7,12,23-24,27,29H,8-11,13-22,25H2. The van der Waals surface area contributed by atoms with Crippen molar-refractivity contribution in [1.82, 2.24) is 28.8 Å². The average Bonchev–Trinajstić information content (AvgIpc) is 3.58. The summed E-state index contributed by atoms with van der Waals surface area (Å²) >= 11 is 0. The van der Waals surface area contributed by atoms with E-state index in [0.29, 0.717) is 81.2 Å². The quantitative estimate of drug-likeness (QED) is 0.258. The van der Waals surface area contributed by atoms with Gasteiger partial charge in [-0.2, -0.15) is 0 Å². The number of benzene rings is 2. The maximum atomic E-state index is 14.4. The Labute approximate surface area is 295 Å². The fourth-order valence-electron chi connectivity index (χ4n) is 8.17. The number of carbonyl (C=O) groups is 3. The number of nitrogens with zero attached hydrogens (tertiary/aromatic N) is 7. The van der Waals surface area contributed by atoms with Crippen molar-refractivity contribution < 1.29 is 23.5 Å². The number of carbonyl (C=O) groups excluding carboxylic acids is 3. The number of pyridine rings is 1. The number of fused-ring (bicyclic) bond motifs is 2. The van der Waals surface area contributed by atoms with Gasteiger partial charge in [-0.1, -0.05) is 12.1 Å². The highest BCUT2D eigenvalue weighted by molar-refractivity contribution is 6.34. The van der Waals surface area contributed by atoms with Crippen LogP contribution in [0.25, 0.3) is 11.0 Å². The second-order valence-electron chi connectivity index (χ2n) is 14.0. The molecule has 0 saturated carbocycles. The number of ether oxygens (including phenoxy) is 1. The summed E-state index contributed by atoms with van der Waals surface area (Å²) in [5, 5.41) is 0. The molecule has 4 aromatic rings. The molecule has 12 nitrogen and oxygen atoms in total. The molecule has 4 aliphatic rings. The molecule has 4 aliphatic heterocycles. The zero-order valence-corrected chi connectivity index (χ0v) is 28.6. The minimum absolute atomic E-state index is 0.0584. The van der Waals surface area contributed by atoms with E-state index in [-0.39, 0.29) is 41.2 Å². The first-order chi connectivity index (χ1) is 24.9. The molecule has 0 aliphatic carbocycles. The van der Waals surface area contributed by atoms with Gasteiger partial charge in [0.05, 0.1) is 35.4 Å². The van der Waals surface area contributed by atoms with Gasteiger partial charge < -0.3 is 9.64 Å². The Morgan fingerprint density at radius 3 is 2.20 bits per heavy atom. The second-order valence-corrected chi connectivity index (χ2v) is 14.0. The van der Waals surface area contributed by atoms with E-state index in [1.54, 1.807) is 47.2 Å². The molecule has 2 aromatic carbocycles. The van der Waals surface area contributed by atoms with Crippen LogP contribution in [0.5, 0.6) is 0 Å². The fourth-order valence-corrected chi connectivity index (χ4v) is 8.17. The first-order valence-corrected chi connectivity index (χ1v) is 18.0. The van der Waals surface area contributed by atoms with Gasteiger partial charge in [0, 0.05) is 64.0 Å². The van der Waals surface area contributed by atoms with Gasteiger partial charge in [-0.25, -0.2) is 19.1 Å². The molecule has 51 heavy (non-hydrogen) atoms. The molecule has 0 radical (unpaired) electrons. The van der Waals surface area contributed by atoms with Gasteiger partial charge >= 0.3 is 5.69 Å². The van der Waals surface area contributed by atoms with Crippen LogP contribution in [-0.2, 0) is 22.6 Å². The minimum Gasteiger partial charge on any atom is -0.379 e. The summed E-state index contributed by atoms with van der Waals surface area (Å²) in [4.78, 5) is 65.4. The highest BCUT2D eigenvalue weighted by Crippen LogP contribution is 2.30. The average molecular weight is 696 g/mol. The number of piperidine rings is 2. The van der Waals surface area contributed by atoms with Crippen LogP contribution in [0.1, 0.15) is 58.0 Å². The highest BCUT2D eigenvalue weighted by Gasteiger charge is 2.37. The van der Waals surface area contributed by atoms with Gasteiger partial charge in [0.2, 0.25) is 5.91 Å². The summed E-state index contributed by atoms with van der Waals surface area (Å²) in [6.45, 7) is 7.48. The number of imide groups is 1. The Balaban J connectivity index is 0.863. The van der Waals surface area contributed by atoms with Gasteiger partial charge in [-0.3, -0.25) is 33.3 Å². The Hall–Kier alpha value is -4.72. The lowest BCUT2D eigenvalue weighted by Gasteiger charge is -2.37. The van der Waals surface area contributed by atoms with Crippen molar-refractivity contribution in [3.8, 4) is 0 Å². The summed E-state index contributed by atoms with van der Waals surface area (Å²) in [5.74, 6) is -0.656. The third kappa shape index (κ3) is 6.49. The Morgan fingerprint density at radius 1 is 0.784 bits per heavy atom. The molecule has 0 N–H and O–H groups in total. The number of hydrogen-bond acceptors (Lipinski definition) is 8. The lowest BCUT2D eigenvalue weighted by Crippen LogP contribution is -2.46. The van der Waals surface area contributed by atoms with Crippen LogP contribution in [0.2, 0.25) is 0 Å². The first kappa shape index (κ1) is 33.4. The number of aromatic nitrogens is 3. The predicted molar refractivity (Wildman–Crippen MR) is 188 cm³/mol. The van der Waals surface area contributed by atoms with Crippen molar-refractivity contribution in [3.05, 3.63) is 93.8 Å². The van der Waals surface area contributed by atoms with Crippen molar-refractivity contribution >= 4 is 34.6 Å². The van der Waals surface area contributed by atoms with E-state index >= 15 is 0 Å². The number of imidazole rings is 1. The van der Waals surface area contributed by atoms with Crippen LogP contribution in [0.3, 0.4) is 0 Å². The smallest absolute Gasteiger partial charge is 0.329 e. The lowest BCUT2D eigenvalue weighted by molar-refractivity contribution is -0.138. The summed E-state index contributed by atoms with van der Waals surface area (Å²) in [5.41, 5.74) is 2.96. The zero-order valence-electron chi connectivity index (χ0n) is 28.6. The molecule has 3 fully saturated rings. The van der Waals surface area contributed by atoms with Crippen molar-refractivity contribution in [2.75, 3.05) is 63.9 Å². The molecule has 13 heteroatoms. The number of likely N-dealkylation sites (tertiary alicyclic amines) is 2. The van der Waals surface area contributed by atoms with Crippen LogP contribution in [0.4, 0.5) is 10.2 Å². The van der Waals surface area contributed by atoms with Gasteiger partial charge in [-0.15, -0.1) is 0 Å². The molecule has 6 heterocycles. The normalized spacial score (nSPS) is 19.7. The van der Waals surface area contributed by atoms with Gasteiger partial charge in [0.15, 0.2) is 0 Å². The maximum Gasteiger partial charge on any atom is 0.329 e. The molecule has 0 atom stereocenters. The van der Waals surface area contributed by atoms with E-state index in [1.807, 2.05) is 15.5 Å². The van der Waals surface area contributed by atoms with Gasteiger partial charge in [-0.05, 0) is 86.8 Å². The number of anilines is 1. The molecule has 0 bridgehead atoms. The van der Waals surface area contributed by atoms with E-state index in [0.717, 1.165) is 55.0 Å². The van der Waals surface area contributed by atoms with Crippen LogP contribution in [0, 0.1) is 11.7 Å². The Morgan fingerprint density at radius 2 is 1.49 bits per heavy atom. The van der Waals surface area contributed by atoms with Crippen LogP contribution >= 0.6 is 0 Å². The summed E-state index contributed by atoms with van der Waals surface area (Å²) < 4.78 is 23.3. The summed E-state index contributed by atoms with van der Waals surface area (Å²) in [7, 11) is 0. The summed E-state index contributed by atoms with van der Waals surface area (Å²) in [6.07, 6.45) is 4.46. The minimum atomic E-state index is -0.364. The van der Waals surface area contributed by atoms with Gasteiger partial charge in [0.25, 0.3) is 11.8 Å². The van der Waals surface area contributed by atoms with Crippen molar-refractivity contribution in [3.63, 3.8) is 0 Å². The van der Waals surface area contributed by atoms with Gasteiger partial charge in [0.1, 0.15) is 11.6 Å². The molecule has 3 amide bonds. The Kier molecular flexibility index (Phi) is 9.26. The van der Waals surface area contributed by atoms with Crippen molar-refractivity contribution in [2.24, 2.45) is 5.92 Å². The third-order valence-corrected chi connectivity index (χ3v) is 11.0. The van der Waals surface area contributed by atoms with Crippen LogP contribution in [0.15, 0.2) is 65.6 Å². The third-order valence-electron chi connectivity index (χ3n) is 11.0. The zero-order chi connectivity index (χ0) is 35.1. The molecule has 8 rings (SSSR count). The number of hydrogen-bond donors (Lipinski definition) is 0. The van der Waals surface area contributed by atoms with Crippen LogP contribution < -0.4 is 10.6 Å². The van der Waals surface area contributed by atoms with E-state index < -0.39 is 0 Å². The molecule has 0 unspecified atom stereocenters. The molecular formula is C38H42FN7O5.